The van der Waals surface area contributed by atoms with Crippen LogP contribution in [0.15, 0.2) is 124 Å². The lowest BCUT2D eigenvalue weighted by atomic mass is 9.94. The van der Waals surface area contributed by atoms with Gasteiger partial charge in [-0.1, -0.05) is 107 Å². The molecule has 1 amide bonds. The molecule has 228 valence electrons. The van der Waals surface area contributed by atoms with Crippen LogP contribution in [0.4, 0.5) is 5.69 Å². The number of aromatic nitrogens is 2. The quantitative estimate of drug-likeness (QED) is 0.201. The molecular weight excluding hydrogens is 635 g/mol. The largest absolute Gasteiger partial charge is 0.342 e. The van der Waals surface area contributed by atoms with Crippen LogP contribution in [-0.2, 0) is 11.3 Å². The van der Waals surface area contributed by atoms with Gasteiger partial charge in [0.2, 0.25) is 0 Å². The minimum atomic E-state index is -0.642. The Hall–Kier alpha value is -4.69. The average molecular weight is 664 g/mol. The molecule has 1 unspecified atom stereocenters. The molecule has 1 atom stereocenters. The summed E-state index contributed by atoms with van der Waals surface area (Å²) in [5.74, 6) is -0.295. The van der Waals surface area contributed by atoms with Gasteiger partial charge >= 0.3 is 0 Å². The van der Waals surface area contributed by atoms with Crippen LogP contribution in [-0.4, -0.2) is 15.0 Å². The summed E-state index contributed by atoms with van der Waals surface area (Å²) in [4.78, 5) is 33.5. The monoisotopic (exact) mass is 662 g/mol. The summed E-state index contributed by atoms with van der Waals surface area (Å²) in [6, 6.07) is 30.2. The van der Waals surface area contributed by atoms with Crippen molar-refractivity contribution in [1.82, 2.24) is 9.13 Å². The molecule has 0 radical (unpaired) electrons. The van der Waals surface area contributed by atoms with E-state index >= 15 is 0 Å². The first kappa shape index (κ1) is 30.0. The van der Waals surface area contributed by atoms with Gasteiger partial charge in [-0.15, -0.1) is 0 Å². The Balaban J connectivity index is 1.35. The van der Waals surface area contributed by atoms with Crippen molar-refractivity contribution in [3.63, 3.8) is 0 Å². The van der Waals surface area contributed by atoms with E-state index in [0.717, 1.165) is 33.2 Å². The third kappa shape index (κ3) is 5.62. The van der Waals surface area contributed by atoms with E-state index in [1.807, 2.05) is 111 Å². The maximum Gasteiger partial charge on any atom is 0.271 e. The fraction of sp³-hybridized carbons (Fsp3) is 0.108. The van der Waals surface area contributed by atoms with E-state index in [2.05, 4.69) is 16.0 Å². The molecule has 0 bridgehead atoms. The average Bonchev–Trinajstić information content (AvgIpc) is 3.54. The lowest BCUT2D eigenvalue weighted by molar-refractivity contribution is -0.113. The Labute approximate surface area is 279 Å². The number of halogens is 2. The first-order valence-corrected chi connectivity index (χ1v) is 16.3. The molecule has 2 aromatic heterocycles. The van der Waals surface area contributed by atoms with Gasteiger partial charge in [0.05, 0.1) is 21.8 Å². The second-order valence-corrected chi connectivity index (χ2v) is 13.1. The van der Waals surface area contributed by atoms with Gasteiger partial charge in [0.1, 0.15) is 0 Å². The number of anilines is 1. The molecule has 7 rings (SSSR count). The fourth-order valence-electron chi connectivity index (χ4n) is 5.89. The van der Waals surface area contributed by atoms with E-state index in [1.54, 1.807) is 10.6 Å². The van der Waals surface area contributed by atoms with Crippen LogP contribution in [0, 0.1) is 6.92 Å². The van der Waals surface area contributed by atoms with Crippen LogP contribution < -0.4 is 20.2 Å². The van der Waals surface area contributed by atoms with Crippen molar-refractivity contribution in [3.8, 4) is 0 Å². The number of fused-ring (bicyclic) bond motifs is 2. The maximum absolute atomic E-state index is 14.3. The number of para-hydroxylation sites is 2. The number of hydrogen-bond acceptors (Lipinski definition) is 4. The van der Waals surface area contributed by atoms with E-state index in [4.69, 9.17) is 28.2 Å². The van der Waals surface area contributed by atoms with Crippen LogP contribution in [0.3, 0.4) is 0 Å². The number of rotatable bonds is 6. The van der Waals surface area contributed by atoms with Crippen LogP contribution in [0.1, 0.15) is 35.2 Å². The Morgan fingerprint density at radius 3 is 2.46 bits per heavy atom. The van der Waals surface area contributed by atoms with Crippen LogP contribution in [0.2, 0.25) is 10.0 Å². The summed E-state index contributed by atoms with van der Waals surface area (Å²) in [5.41, 5.74) is 6.25. The molecule has 0 fully saturated rings. The molecule has 4 aromatic carbocycles. The molecule has 1 aliphatic heterocycles. The highest BCUT2D eigenvalue weighted by molar-refractivity contribution is 7.07. The smallest absolute Gasteiger partial charge is 0.271 e. The van der Waals surface area contributed by atoms with Crippen molar-refractivity contribution in [2.75, 3.05) is 5.32 Å². The topological polar surface area (TPSA) is 68.4 Å². The predicted molar refractivity (Wildman–Crippen MR) is 188 cm³/mol. The zero-order chi connectivity index (χ0) is 31.9. The predicted octanol–water partition coefficient (Wildman–Crippen LogP) is 7.49. The van der Waals surface area contributed by atoms with E-state index < -0.39 is 6.04 Å². The number of nitrogens with zero attached hydrogens (tertiary/aromatic N) is 3. The molecule has 6 aromatic rings. The molecule has 9 heteroatoms. The SMILES string of the molecule is CC1=C(C(=O)Nc2ccccc2)C(c2ccc(C)cc2)n2c(s/c(=C/c3cn(Cc4ccc(Cl)cc4Cl)c4ccccc34)c2=O)=N1. The second-order valence-electron chi connectivity index (χ2n) is 11.3. The van der Waals surface area contributed by atoms with Gasteiger partial charge in [-0.05, 0) is 61.4 Å². The first-order chi connectivity index (χ1) is 22.3. The summed E-state index contributed by atoms with van der Waals surface area (Å²) in [6.45, 7) is 4.38. The zero-order valence-corrected chi connectivity index (χ0v) is 27.3. The number of allylic oxidation sites excluding steroid dienone is 1. The maximum atomic E-state index is 14.3. The Bertz CT molecular complexity index is 2350. The molecule has 0 spiro atoms. The number of benzene rings is 4. The zero-order valence-electron chi connectivity index (χ0n) is 25.0. The highest BCUT2D eigenvalue weighted by Crippen LogP contribution is 2.31. The molecule has 1 aliphatic rings. The van der Waals surface area contributed by atoms with Crippen LogP contribution in [0.5, 0.6) is 0 Å². The number of carbonyl (C=O) groups excluding carboxylic acids is 1. The van der Waals surface area contributed by atoms with Crippen LogP contribution in [0.25, 0.3) is 17.0 Å². The lowest BCUT2D eigenvalue weighted by Gasteiger charge is -2.25. The number of aryl methyl sites for hydroxylation is 1. The number of hydrogen-bond donors (Lipinski definition) is 1. The van der Waals surface area contributed by atoms with Crippen molar-refractivity contribution in [1.29, 1.82) is 0 Å². The van der Waals surface area contributed by atoms with Crippen molar-refractivity contribution in [3.05, 3.63) is 167 Å². The molecule has 1 N–H and O–H groups in total. The normalized spacial score (nSPS) is 14.8. The van der Waals surface area contributed by atoms with Gasteiger partial charge in [-0.2, -0.15) is 0 Å². The van der Waals surface area contributed by atoms with Gasteiger partial charge in [0, 0.05) is 44.9 Å². The highest BCUT2D eigenvalue weighted by Gasteiger charge is 2.32. The number of carbonyl (C=O) groups is 1. The number of nitrogens with one attached hydrogen (secondary N) is 1. The molecule has 3 heterocycles. The van der Waals surface area contributed by atoms with Crippen molar-refractivity contribution in [2.45, 2.75) is 26.4 Å². The first-order valence-electron chi connectivity index (χ1n) is 14.7. The summed E-state index contributed by atoms with van der Waals surface area (Å²) < 4.78 is 4.31. The molecule has 6 nitrogen and oxygen atoms in total. The molecule has 0 saturated carbocycles. The van der Waals surface area contributed by atoms with Crippen molar-refractivity contribution in [2.24, 2.45) is 4.99 Å². The van der Waals surface area contributed by atoms with Gasteiger partial charge < -0.3 is 9.88 Å². The summed E-state index contributed by atoms with van der Waals surface area (Å²) in [6.07, 6.45) is 3.96. The third-order valence-electron chi connectivity index (χ3n) is 8.15. The van der Waals surface area contributed by atoms with Gasteiger partial charge in [0.25, 0.3) is 11.5 Å². The van der Waals surface area contributed by atoms with Crippen LogP contribution >= 0.6 is 34.5 Å². The molecule has 0 aliphatic carbocycles. The Kier molecular flexibility index (Phi) is 7.99. The summed E-state index contributed by atoms with van der Waals surface area (Å²) in [7, 11) is 0. The van der Waals surface area contributed by atoms with E-state index in [1.165, 1.54) is 11.3 Å². The highest BCUT2D eigenvalue weighted by atomic mass is 35.5. The van der Waals surface area contributed by atoms with E-state index in [9.17, 15) is 9.59 Å². The van der Waals surface area contributed by atoms with Gasteiger partial charge in [0.15, 0.2) is 4.80 Å². The van der Waals surface area contributed by atoms with Crippen molar-refractivity contribution >= 4 is 63.1 Å². The number of amides is 1. The summed E-state index contributed by atoms with van der Waals surface area (Å²) >= 11 is 14.0. The minimum Gasteiger partial charge on any atom is -0.342 e. The Morgan fingerprint density at radius 2 is 1.70 bits per heavy atom. The molecular formula is C37H28Cl2N4O2S. The van der Waals surface area contributed by atoms with Gasteiger partial charge in [-0.25, -0.2) is 4.99 Å². The lowest BCUT2D eigenvalue weighted by Crippen LogP contribution is -2.40. The van der Waals surface area contributed by atoms with Crippen molar-refractivity contribution < 1.29 is 4.79 Å². The molecule has 46 heavy (non-hydrogen) atoms. The fourth-order valence-corrected chi connectivity index (χ4v) is 7.40. The third-order valence-corrected chi connectivity index (χ3v) is 9.72. The standard InChI is InChI=1S/C37H28Cl2N4O2S/c1-22-12-14-24(15-13-22)34-33(35(44)41-28-8-4-3-5-9-28)23(2)40-37-43(34)36(45)32(46-37)18-26-21-42(31-11-7-6-10-29(26)31)20-25-16-17-27(38)19-30(25)39/h3-19,21,34H,20H2,1-2H3,(H,41,44)/b32-18+. The molecule has 0 saturated heterocycles. The Morgan fingerprint density at radius 1 is 0.957 bits per heavy atom. The van der Waals surface area contributed by atoms with Gasteiger partial charge in [-0.3, -0.25) is 14.2 Å². The minimum absolute atomic E-state index is 0.204. The second kappa shape index (κ2) is 12.2. The van der Waals surface area contributed by atoms with E-state index in [-0.39, 0.29) is 11.5 Å². The number of thiazole rings is 1. The van der Waals surface area contributed by atoms with E-state index in [0.29, 0.717) is 42.9 Å². The summed E-state index contributed by atoms with van der Waals surface area (Å²) in [5, 5.41) is 5.19.